The molecule has 0 radical (unpaired) electrons. The van der Waals surface area contributed by atoms with E-state index in [4.69, 9.17) is 18.9 Å². The van der Waals surface area contributed by atoms with Crippen molar-refractivity contribution >= 4 is 17.9 Å². The first-order valence-electron chi connectivity index (χ1n) is 28.1. The Labute approximate surface area is 424 Å². The second kappa shape index (κ2) is 51.1. The summed E-state index contributed by atoms with van der Waals surface area (Å²) in [4.78, 5) is 37.3. The van der Waals surface area contributed by atoms with Gasteiger partial charge in [-0.3, -0.25) is 9.59 Å². The van der Waals surface area contributed by atoms with Crippen molar-refractivity contribution in [3.8, 4) is 0 Å². The van der Waals surface area contributed by atoms with Crippen LogP contribution in [0.2, 0.25) is 0 Å². The molecule has 0 heterocycles. The summed E-state index contributed by atoms with van der Waals surface area (Å²) >= 11 is 0. The largest absolute Gasteiger partial charge is 0.545 e. The zero-order valence-electron chi connectivity index (χ0n) is 45.2. The Bertz CT molecular complexity index is 1360. The molecule has 0 aliphatic heterocycles. The minimum absolute atomic E-state index is 0.144. The predicted molar refractivity (Wildman–Crippen MR) is 288 cm³/mol. The normalized spacial score (nSPS) is 13.3. The number of hydrogen-bond donors (Lipinski definition) is 0. The van der Waals surface area contributed by atoms with Crippen LogP contribution in [0.15, 0.2) is 72.9 Å². The van der Waals surface area contributed by atoms with E-state index in [2.05, 4.69) is 86.8 Å². The molecule has 398 valence electrons. The minimum atomic E-state index is -1.62. The molecule has 0 amide bonds. The molecular formula is C60H105NO8. The lowest BCUT2D eigenvalue weighted by Gasteiger charge is -2.26. The summed E-state index contributed by atoms with van der Waals surface area (Å²) < 4.78 is 22.7. The third kappa shape index (κ3) is 52.4. The Morgan fingerprint density at radius 2 is 0.826 bits per heavy atom. The molecule has 0 aromatic heterocycles. The Kier molecular flexibility index (Phi) is 48.7. The molecule has 0 aromatic rings. The van der Waals surface area contributed by atoms with Gasteiger partial charge in [-0.1, -0.05) is 209 Å². The Morgan fingerprint density at radius 1 is 0.449 bits per heavy atom. The van der Waals surface area contributed by atoms with Gasteiger partial charge in [0, 0.05) is 12.8 Å². The van der Waals surface area contributed by atoms with Crippen molar-refractivity contribution < 1.29 is 42.9 Å². The van der Waals surface area contributed by atoms with Gasteiger partial charge in [0.05, 0.1) is 40.3 Å². The van der Waals surface area contributed by atoms with Crippen LogP contribution in [0.25, 0.3) is 0 Å². The number of ether oxygens (including phenoxy) is 4. The van der Waals surface area contributed by atoms with Gasteiger partial charge in [-0.2, -0.15) is 0 Å². The fourth-order valence-electron chi connectivity index (χ4n) is 7.62. The molecule has 69 heavy (non-hydrogen) atoms. The standard InChI is InChI=1S/C60H105NO8/c1-6-8-10-12-14-16-18-20-22-24-26-27-28-29-30-31-33-35-37-39-41-43-45-47-49-51-58(63)69-56(55-68-60(59(64)65)66-53-52-61(3,4)5)54-67-57(62)50-48-46-44-42-40-38-36-34-32-25-23-21-19-17-15-13-11-9-7-2/h8,10,14-17,20-23,26-27,56,60H,6-7,9,11-13,18-19,24-25,28-55H2,1-5H3/b10-8-,16-14-,17-15-,22-20-,23-21-,27-26-. The van der Waals surface area contributed by atoms with Crippen LogP contribution in [-0.2, 0) is 33.3 Å². The molecule has 0 aromatic carbocycles. The summed E-state index contributed by atoms with van der Waals surface area (Å²) in [5.74, 6) is -2.29. The molecule has 2 atom stereocenters. The van der Waals surface area contributed by atoms with E-state index < -0.39 is 24.3 Å². The summed E-state index contributed by atoms with van der Waals surface area (Å²) in [7, 11) is 5.92. The van der Waals surface area contributed by atoms with E-state index in [1.54, 1.807) is 0 Å². The molecule has 0 bridgehead atoms. The van der Waals surface area contributed by atoms with Gasteiger partial charge in [-0.05, 0) is 83.5 Å². The molecule has 0 saturated carbocycles. The lowest BCUT2D eigenvalue weighted by atomic mass is 10.0. The Balaban J connectivity index is 4.27. The number of allylic oxidation sites excluding steroid dienone is 12. The fraction of sp³-hybridized carbons (Fsp3) is 0.750. The minimum Gasteiger partial charge on any atom is -0.545 e. The number of carbonyl (C=O) groups excluding carboxylic acids is 3. The molecule has 2 unspecified atom stereocenters. The number of hydrogen-bond acceptors (Lipinski definition) is 8. The van der Waals surface area contributed by atoms with E-state index in [1.807, 2.05) is 21.1 Å². The first-order valence-corrected chi connectivity index (χ1v) is 28.1. The highest BCUT2D eigenvalue weighted by Gasteiger charge is 2.22. The van der Waals surface area contributed by atoms with Crippen molar-refractivity contribution in [2.75, 3.05) is 47.5 Å². The average Bonchev–Trinajstić information content (AvgIpc) is 3.31. The van der Waals surface area contributed by atoms with Crippen LogP contribution in [0.4, 0.5) is 0 Å². The topological polar surface area (TPSA) is 111 Å². The van der Waals surface area contributed by atoms with Gasteiger partial charge in [0.25, 0.3) is 0 Å². The molecule has 0 aliphatic rings. The van der Waals surface area contributed by atoms with Crippen molar-refractivity contribution in [3.63, 3.8) is 0 Å². The van der Waals surface area contributed by atoms with Gasteiger partial charge in [-0.25, -0.2) is 0 Å². The van der Waals surface area contributed by atoms with E-state index in [0.29, 0.717) is 17.4 Å². The summed E-state index contributed by atoms with van der Waals surface area (Å²) in [5.41, 5.74) is 0. The zero-order valence-corrected chi connectivity index (χ0v) is 45.2. The number of rotatable bonds is 51. The number of carboxylic acids is 1. The van der Waals surface area contributed by atoms with Crippen LogP contribution in [0.3, 0.4) is 0 Å². The van der Waals surface area contributed by atoms with Crippen LogP contribution in [-0.4, -0.2) is 82.3 Å². The molecule has 9 nitrogen and oxygen atoms in total. The van der Waals surface area contributed by atoms with Crippen LogP contribution in [0, 0.1) is 0 Å². The third-order valence-electron chi connectivity index (χ3n) is 11.9. The Hall–Kier alpha value is -3.27. The molecular weight excluding hydrogens is 863 g/mol. The number of aliphatic carboxylic acids is 1. The van der Waals surface area contributed by atoms with Gasteiger partial charge in [0.15, 0.2) is 12.4 Å². The highest BCUT2D eigenvalue weighted by molar-refractivity contribution is 5.70. The molecule has 9 heteroatoms. The van der Waals surface area contributed by atoms with Crippen molar-refractivity contribution in [1.82, 2.24) is 0 Å². The van der Waals surface area contributed by atoms with Crippen LogP contribution < -0.4 is 5.11 Å². The van der Waals surface area contributed by atoms with Crippen molar-refractivity contribution in [2.24, 2.45) is 0 Å². The van der Waals surface area contributed by atoms with Crippen LogP contribution >= 0.6 is 0 Å². The SMILES string of the molecule is CC/C=C\C/C=C\C/C=C\C/C=C\CCCCCCCCCCCCCCC(=O)OC(COC(=O)CCCCCCCCCCC/C=C\C/C=C\CCCCC)COC(OCC[N+](C)(C)C)C(=O)[O-]. The smallest absolute Gasteiger partial charge is 0.306 e. The Morgan fingerprint density at radius 3 is 1.23 bits per heavy atom. The summed E-state index contributed by atoms with van der Waals surface area (Å²) in [6.07, 6.45) is 62.2. The van der Waals surface area contributed by atoms with E-state index in [1.165, 1.54) is 128 Å². The number of likely N-dealkylation sites (N-methyl/N-ethyl adjacent to an activating group) is 1. The molecule has 0 N–H and O–H groups in total. The molecule has 0 rings (SSSR count). The van der Waals surface area contributed by atoms with E-state index in [-0.39, 0.29) is 38.6 Å². The van der Waals surface area contributed by atoms with E-state index in [9.17, 15) is 19.5 Å². The maximum atomic E-state index is 12.9. The van der Waals surface area contributed by atoms with Crippen molar-refractivity contribution in [2.45, 2.75) is 245 Å². The second-order valence-corrected chi connectivity index (χ2v) is 19.8. The van der Waals surface area contributed by atoms with Gasteiger partial charge in [0.1, 0.15) is 13.2 Å². The highest BCUT2D eigenvalue weighted by Crippen LogP contribution is 2.16. The van der Waals surface area contributed by atoms with Crippen molar-refractivity contribution in [3.05, 3.63) is 72.9 Å². The fourth-order valence-corrected chi connectivity index (χ4v) is 7.62. The molecule has 0 aliphatic carbocycles. The summed E-state index contributed by atoms with van der Waals surface area (Å²) in [6, 6.07) is 0. The van der Waals surface area contributed by atoms with Gasteiger partial charge < -0.3 is 33.3 Å². The van der Waals surface area contributed by atoms with E-state index >= 15 is 0 Å². The maximum Gasteiger partial charge on any atom is 0.306 e. The van der Waals surface area contributed by atoms with Gasteiger partial charge in [0.2, 0.25) is 0 Å². The summed E-state index contributed by atoms with van der Waals surface area (Å²) in [5, 5.41) is 11.8. The molecule has 0 spiro atoms. The quantitative estimate of drug-likeness (QED) is 0.0195. The number of unbranched alkanes of at least 4 members (excludes halogenated alkanes) is 24. The molecule has 0 saturated heterocycles. The number of quaternary nitrogens is 1. The first-order chi connectivity index (χ1) is 33.6. The average molecular weight is 968 g/mol. The number of carbonyl (C=O) groups is 3. The molecule has 0 fully saturated rings. The van der Waals surface area contributed by atoms with Gasteiger partial charge >= 0.3 is 11.9 Å². The first kappa shape index (κ1) is 65.7. The number of esters is 2. The number of carboxylic acid groups (broad SMARTS) is 1. The second-order valence-electron chi connectivity index (χ2n) is 19.8. The lowest BCUT2D eigenvalue weighted by Crippen LogP contribution is -2.44. The van der Waals surface area contributed by atoms with Crippen LogP contribution in [0.5, 0.6) is 0 Å². The lowest BCUT2D eigenvalue weighted by molar-refractivity contribution is -0.870. The number of nitrogens with zero attached hydrogens (tertiary/aromatic N) is 1. The zero-order chi connectivity index (χ0) is 50.6. The summed E-state index contributed by atoms with van der Waals surface area (Å²) in [6.45, 7) is 4.61. The third-order valence-corrected chi connectivity index (χ3v) is 11.9. The monoisotopic (exact) mass is 968 g/mol. The highest BCUT2D eigenvalue weighted by atomic mass is 16.7. The van der Waals surface area contributed by atoms with Crippen molar-refractivity contribution in [1.29, 1.82) is 0 Å². The van der Waals surface area contributed by atoms with Gasteiger partial charge in [-0.15, -0.1) is 0 Å². The van der Waals surface area contributed by atoms with E-state index in [0.717, 1.165) is 70.6 Å². The van der Waals surface area contributed by atoms with Crippen LogP contribution in [0.1, 0.15) is 232 Å². The predicted octanol–water partition coefficient (Wildman–Crippen LogP) is 14.9. The maximum absolute atomic E-state index is 12.9.